The predicted molar refractivity (Wildman–Crippen MR) is 111 cm³/mol. The third-order valence-corrected chi connectivity index (χ3v) is 4.29. The maximum atomic E-state index is 13.3. The molecule has 2 aromatic carbocycles. The summed E-state index contributed by atoms with van der Waals surface area (Å²) in [6.45, 7) is 4.07. The van der Waals surface area contributed by atoms with Crippen molar-refractivity contribution in [2.45, 2.75) is 32.8 Å². The van der Waals surface area contributed by atoms with E-state index in [1.54, 1.807) is 24.3 Å². The number of hydrogen-bond donors (Lipinski definition) is 2. The molecule has 6 heteroatoms. The highest BCUT2D eigenvalue weighted by Crippen LogP contribution is 2.32. The third-order valence-electron chi connectivity index (χ3n) is 4.18. The monoisotopic (exact) mass is 382 g/mol. The summed E-state index contributed by atoms with van der Waals surface area (Å²) in [6, 6.07) is 14.5. The number of hydrogen-bond acceptors (Lipinski definition) is 4. The number of furan rings is 1. The minimum atomic E-state index is -0.288. The van der Waals surface area contributed by atoms with Crippen LogP contribution >= 0.6 is 12.2 Å². The van der Waals surface area contributed by atoms with Gasteiger partial charge in [-0.1, -0.05) is 37.6 Å². The number of benzene rings is 2. The number of nitrogens with one attached hydrogen (secondary N) is 1. The second-order valence-electron chi connectivity index (χ2n) is 6.36. The van der Waals surface area contributed by atoms with Gasteiger partial charge in [0.1, 0.15) is 11.3 Å². The second-order valence-corrected chi connectivity index (χ2v) is 6.80. The molecule has 0 spiro atoms. The average Bonchev–Trinajstić information content (AvgIpc) is 3.05. The summed E-state index contributed by atoms with van der Waals surface area (Å²) in [6.07, 6.45) is 1.83. The van der Waals surface area contributed by atoms with Crippen LogP contribution in [0.2, 0.25) is 0 Å². The SMILES string of the molecule is CCCC(C)Oc1cccc(NC(N)=S)c1C(=O)c1cc2ccccc2o1. The van der Waals surface area contributed by atoms with Crippen LogP contribution in [0, 0.1) is 0 Å². The number of fused-ring (bicyclic) bond motifs is 1. The van der Waals surface area contributed by atoms with E-state index >= 15 is 0 Å². The van der Waals surface area contributed by atoms with Gasteiger partial charge < -0.3 is 20.2 Å². The van der Waals surface area contributed by atoms with Gasteiger partial charge in [0, 0.05) is 5.39 Å². The van der Waals surface area contributed by atoms with Gasteiger partial charge in [-0.15, -0.1) is 0 Å². The Morgan fingerprint density at radius 3 is 2.74 bits per heavy atom. The summed E-state index contributed by atoms with van der Waals surface area (Å²) in [7, 11) is 0. The highest BCUT2D eigenvalue weighted by atomic mass is 32.1. The van der Waals surface area contributed by atoms with Gasteiger partial charge in [-0.3, -0.25) is 4.79 Å². The zero-order chi connectivity index (χ0) is 19.4. The van der Waals surface area contributed by atoms with Gasteiger partial charge in [-0.25, -0.2) is 0 Å². The molecule has 5 nitrogen and oxygen atoms in total. The molecule has 27 heavy (non-hydrogen) atoms. The molecule has 0 saturated carbocycles. The maximum absolute atomic E-state index is 13.3. The Hall–Kier alpha value is -2.86. The van der Waals surface area contributed by atoms with E-state index in [-0.39, 0.29) is 22.8 Å². The summed E-state index contributed by atoms with van der Waals surface area (Å²) >= 11 is 4.96. The molecule has 0 aliphatic rings. The molecule has 1 atom stereocenters. The molecule has 0 radical (unpaired) electrons. The Kier molecular flexibility index (Phi) is 5.76. The normalized spacial score (nSPS) is 11.9. The van der Waals surface area contributed by atoms with Crippen molar-refractivity contribution in [3.63, 3.8) is 0 Å². The molecule has 3 aromatic rings. The van der Waals surface area contributed by atoms with Crippen LogP contribution in [-0.2, 0) is 0 Å². The van der Waals surface area contributed by atoms with Crippen molar-refractivity contribution in [1.82, 2.24) is 0 Å². The lowest BCUT2D eigenvalue weighted by Gasteiger charge is -2.18. The van der Waals surface area contributed by atoms with Crippen molar-refractivity contribution < 1.29 is 13.9 Å². The van der Waals surface area contributed by atoms with Crippen molar-refractivity contribution in [3.05, 3.63) is 59.9 Å². The van der Waals surface area contributed by atoms with Gasteiger partial charge in [-0.2, -0.15) is 0 Å². The summed E-state index contributed by atoms with van der Waals surface area (Å²) in [5, 5.41) is 3.81. The van der Waals surface area contributed by atoms with Crippen molar-refractivity contribution in [2.24, 2.45) is 5.73 Å². The van der Waals surface area contributed by atoms with Gasteiger partial charge in [0.2, 0.25) is 5.78 Å². The zero-order valence-electron chi connectivity index (χ0n) is 15.3. The van der Waals surface area contributed by atoms with Crippen LogP contribution in [-0.4, -0.2) is 17.0 Å². The van der Waals surface area contributed by atoms with Crippen LogP contribution in [0.25, 0.3) is 11.0 Å². The smallest absolute Gasteiger partial charge is 0.234 e. The number of carbonyl (C=O) groups excluding carboxylic acids is 1. The van der Waals surface area contributed by atoms with E-state index in [1.165, 1.54) is 0 Å². The molecule has 3 rings (SSSR count). The van der Waals surface area contributed by atoms with Crippen molar-refractivity contribution >= 4 is 39.8 Å². The zero-order valence-corrected chi connectivity index (χ0v) is 16.1. The number of rotatable bonds is 7. The molecule has 0 aliphatic heterocycles. The van der Waals surface area contributed by atoms with Crippen molar-refractivity contribution in [3.8, 4) is 5.75 Å². The molecule has 0 aliphatic carbocycles. The highest BCUT2D eigenvalue weighted by molar-refractivity contribution is 7.80. The number of anilines is 1. The van der Waals surface area contributed by atoms with E-state index < -0.39 is 0 Å². The van der Waals surface area contributed by atoms with Gasteiger partial charge in [0.05, 0.1) is 17.4 Å². The van der Waals surface area contributed by atoms with E-state index in [2.05, 4.69) is 12.2 Å². The number of ether oxygens (including phenoxy) is 1. The number of thiocarbonyl (C=S) groups is 1. The summed E-state index contributed by atoms with van der Waals surface area (Å²) in [4.78, 5) is 13.3. The fraction of sp³-hybridized carbons (Fsp3) is 0.238. The Labute approximate surface area is 163 Å². The molecule has 0 bridgehead atoms. The van der Waals surface area contributed by atoms with Crippen LogP contribution in [0.3, 0.4) is 0 Å². The topological polar surface area (TPSA) is 77.5 Å². The van der Waals surface area contributed by atoms with Crippen molar-refractivity contribution in [1.29, 1.82) is 0 Å². The fourth-order valence-corrected chi connectivity index (χ4v) is 3.11. The van der Waals surface area contributed by atoms with Crippen LogP contribution < -0.4 is 15.8 Å². The minimum Gasteiger partial charge on any atom is -0.490 e. The Balaban J connectivity index is 2.06. The molecule has 0 fully saturated rings. The second kappa shape index (κ2) is 8.22. The van der Waals surface area contributed by atoms with E-state index in [1.807, 2.05) is 31.2 Å². The van der Waals surface area contributed by atoms with Crippen LogP contribution in [0.5, 0.6) is 5.75 Å². The Morgan fingerprint density at radius 2 is 2.04 bits per heavy atom. The summed E-state index contributed by atoms with van der Waals surface area (Å²) in [5.74, 6) is 0.424. The number of para-hydroxylation sites is 1. The lowest BCUT2D eigenvalue weighted by atomic mass is 10.0. The van der Waals surface area contributed by atoms with Gasteiger partial charge in [0.15, 0.2) is 10.9 Å². The molecule has 1 heterocycles. The molecule has 1 aromatic heterocycles. The molecular formula is C21H22N2O3S. The Bertz CT molecular complexity index is 947. The largest absolute Gasteiger partial charge is 0.490 e. The van der Waals surface area contributed by atoms with E-state index in [0.717, 1.165) is 18.2 Å². The lowest BCUT2D eigenvalue weighted by molar-refractivity contribution is 0.100. The molecule has 0 amide bonds. The van der Waals surface area contributed by atoms with Crippen molar-refractivity contribution in [2.75, 3.05) is 5.32 Å². The first kappa shape index (κ1) is 18.9. The van der Waals surface area contributed by atoms with E-state index in [0.29, 0.717) is 22.6 Å². The number of nitrogens with two attached hydrogens (primary N) is 1. The third kappa shape index (κ3) is 4.28. The van der Waals surface area contributed by atoms with Crippen LogP contribution in [0.1, 0.15) is 42.8 Å². The molecular weight excluding hydrogens is 360 g/mol. The average molecular weight is 382 g/mol. The summed E-state index contributed by atoms with van der Waals surface area (Å²) < 4.78 is 11.8. The standard InChI is InChI=1S/C21H22N2O3S/c1-3-7-13(2)25-17-11-6-9-15(23-21(22)27)19(17)20(24)18-12-14-8-4-5-10-16(14)26-18/h4-6,8-13H,3,7H2,1-2H3,(H3,22,23,27). The molecule has 3 N–H and O–H groups in total. The highest BCUT2D eigenvalue weighted by Gasteiger charge is 2.23. The molecule has 1 unspecified atom stereocenters. The van der Waals surface area contributed by atoms with Crippen LogP contribution in [0.15, 0.2) is 52.9 Å². The number of carbonyl (C=O) groups is 1. The quantitative estimate of drug-likeness (QED) is 0.448. The van der Waals surface area contributed by atoms with Crippen LogP contribution in [0.4, 0.5) is 5.69 Å². The van der Waals surface area contributed by atoms with Gasteiger partial charge in [-0.05, 0) is 49.8 Å². The first-order valence-corrected chi connectivity index (χ1v) is 9.29. The molecule has 0 saturated heterocycles. The van der Waals surface area contributed by atoms with E-state index in [9.17, 15) is 4.79 Å². The Morgan fingerprint density at radius 1 is 1.26 bits per heavy atom. The van der Waals surface area contributed by atoms with E-state index in [4.69, 9.17) is 27.1 Å². The first-order valence-electron chi connectivity index (χ1n) is 8.89. The van der Waals surface area contributed by atoms with Gasteiger partial charge >= 0.3 is 0 Å². The van der Waals surface area contributed by atoms with Gasteiger partial charge in [0.25, 0.3) is 0 Å². The fourth-order valence-electron chi connectivity index (χ4n) is 3.00. The minimum absolute atomic E-state index is 0.0303. The molecule has 140 valence electrons. The first-order chi connectivity index (χ1) is 13.0. The summed E-state index contributed by atoms with van der Waals surface area (Å²) in [5.41, 5.74) is 7.14. The lowest BCUT2D eigenvalue weighted by Crippen LogP contribution is -2.22. The predicted octanol–water partition coefficient (Wildman–Crippen LogP) is 4.89. The maximum Gasteiger partial charge on any atom is 0.234 e. The number of ketones is 1.